The molecular formula is C15H22ClNO. The van der Waals surface area contributed by atoms with Crippen LogP contribution in [0.25, 0.3) is 0 Å². The highest BCUT2D eigenvalue weighted by Crippen LogP contribution is 2.32. The van der Waals surface area contributed by atoms with Gasteiger partial charge < -0.3 is 10.1 Å². The van der Waals surface area contributed by atoms with Crippen molar-refractivity contribution in [2.45, 2.75) is 39.0 Å². The topological polar surface area (TPSA) is 21.3 Å². The maximum atomic E-state index is 6.11. The summed E-state index contributed by atoms with van der Waals surface area (Å²) in [6.45, 7) is 3.06. The van der Waals surface area contributed by atoms with Crippen LogP contribution in [0.3, 0.4) is 0 Å². The molecule has 1 aromatic carbocycles. The van der Waals surface area contributed by atoms with Gasteiger partial charge in [-0.3, -0.25) is 0 Å². The van der Waals surface area contributed by atoms with E-state index < -0.39 is 0 Å². The second-order valence-corrected chi connectivity index (χ2v) is 5.59. The Morgan fingerprint density at radius 2 is 2.00 bits per heavy atom. The first-order valence-electron chi connectivity index (χ1n) is 6.78. The third-order valence-corrected chi connectivity index (χ3v) is 4.19. The van der Waals surface area contributed by atoms with Crippen LogP contribution in [0.1, 0.15) is 37.7 Å². The zero-order chi connectivity index (χ0) is 13.0. The highest BCUT2D eigenvalue weighted by molar-refractivity contribution is 6.31. The predicted molar refractivity (Wildman–Crippen MR) is 77.8 cm³/mol. The summed E-state index contributed by atoms with van der Waals surface area (Å²) in [7, 11) is 1.69. The molecule has 0 spiro atoms. The average Bonchev–Trinajstić information content (AvgIpc) is 2.41. The highest BCUT2D eigenvalue weighted by Gasteiger charge is 2.14. The lowest BCUT2D eigenvalue weighted by molar-refractivity contribution is 0.372. The van der Waals surface area contributed by atoms with Crippen LogP contribution in [0, 0.1) is 12.8 Å². The molecule has 0 heterocycles. The zero-order valence-corrected chi connectivity index (χ0v) is 12.0. The minimum Gasteiger partial charge on any atom is -0.495 e. The molecule has 1 aromatic rings. The van der Waals surface area contributed by atoms with E-state index in [0.29, 0.717) is 0 Å². The molecule has 0 atom stereocenters. The van der Waals surface area contributed by atoms with Gasteiger partial charge in [-0.25, -0.2) is 0 Å². The summed E-state index contributed by atoms with van der Waals surface area (Å²) in [4.78, 5) is 0. The number of benzene rings is 1. The number of hydrogen-bond acceptors (Lipinski definition) is 2. The minimum absolute atomic E-state index is 0.759. The van der Waals surface area contributed by atoms with Crippen LogP contribution in [0.4, 0.5) is 5.69 Å². The van der Waals surface area contributed by atoms with Gasteiger partial charge in [0.2, 0.25) is 0 Å². The highest BCUT2D eigenvalue weighted by atomic mass is 35.5. The van der Waals surface area contributed by atoms with Crippen molar-refractivity contribution >= 4 is 17.3 Å². The van der Waals surface area contributed by atoms with Gasteiger partial charge in [0, 0.05) is 17.6 Å². The molecule has 100 valence electrons. The van der Waals surface area contributed by atoms with Crippen molar-refractivity contribution in [3.63, 3.8) is 0 Å². The van der Waals surface area contributed by atoms with E-state index >= 15 is 0 Å². The Bertz CT molecular complexity index is 400. The zero-order valence-electron chi connectivity index (χ0n) is 11.3. The Balaban J connectivity index is 2.01. The second-order valence-electron chi connectivity index (χ2n) is 5.19. The first kappa shape index (κ1) is 13.5. The Labute approximate surface area is 115 Å². The minimum atomic E-state index is 0.759. The average molecular weight is 268 g/mol. The quantitative estimate of drug-likeness (QED) is 0.857. The molecule has 0 amide bonds. The van der Waals surface area contributed by atoms with Crippen LogP contribution in [0.15, 0.2) is 12.1 Å². The normalized spacial score (nSPS) is 16.6. The molecule has 3 heteroatoms. The van der Waals surface area contributed by atoms with Crippen molar-refractivity contribution in [1.29, 1.82) is 0 Å². The fourth-order valence-corrected chi connectivity index (χ4v) is 2.77. The SMILES string of the molecule is COc1cc(Cl)c(C)cc1NCC1CCCCC1. The van der Waals surface area contributed by atoms with Gasteiger partial charge in [-0.05, 0) is 37.3 Å². The van der Waals surface area contributed by atoms with Crippen molar-refractivity contribution in [2.24, 2.45) is 5.92 Å². The monoisotopic (exact) mass is 267 g/mol. The van der Waals surface area contributed by atoms with E-state index in [9.17, 15) is 0 Å². The molecule has 2 rings (SSSR count). The number of methoxy groups -OCH3 is 1. The molecule has 1 aliphatic carbocycles. The number of hydrogen-bond donors (Lipinski definition) is 1. The van der Waals surface area contributed by atoms with E-state index in [-0.39, 0.29) is 0 Å². The van der Waals surface area contributed by atoms with E-state index in [1.165, 1.54) is 32.1 Å². The number of halogens is 1. The molecule has 1 saturated carbocycles. The van der Waals surface area contributed by atoms with E-state index in [1.54, 1.807) is 7.11 Å². The number of ether oxygens (including phenoxy) is 1. The van der Waals surface area contributed by atoms with Gasteiger partial charge in [-0.15, -0.1) is 0 Å². The molecule has 0 unspecified atom stereocenters. The van der Waals surface area contributed by atoms with Crippen molar-refractivity contribution in [3.8, 4) is 5.75 Å². The van der Waals surface area contributed by atoms with Crippen LogP contribution >= 0.6 is 11.6 Å². The number of aryl methyl sites for hydroxylation is 1. The van der Waals surface area contributed by atoms with Gasteiger partial charge in [0.1, 0.15) is 5.75 Å². The summed E-state index contributed by atoms with van der Waals surface area (Å²) < 4.78 is 5.37. The first-order chi connectivity index (χ1) is 8.70. The number of rotatable bonds is 4. The van der Waals surface area contributed by atoms with Gasteiger partial charge in [0.15, 0.2) is 0 Å². The van der Waals surface area contributed by atoms with Crippen LogP contribution in [-0.4, -0.2) is 13.7 Å². The summed E-state index contributed by atoms with van der Waals surface area (Å²) in [5.74, 6) is 1.64. The Kier molecular flexibility index (Phi) is 4.76. The fraction of sp³-hybridized carbons (Fsp3) is 0.600. The maximum absolute atomic E-state index is 6.11. The summed E-state index contributed by atoms with van der Waals surface area (Å²) in [5.41, 5.74) is 2.15. The second kappa shape index (κ2) is 6.33. The molecule has 0 radical (unpaired) electrons. The van der Waals surface area contributed by atoms with Crippen molar-refractivity contribution < 1.29 is 4.74 Å². The maximum Gasteiger partial charge on any atom is 0.143 e. The first-order valence-corrected chi connectivity index (χ1v) is 7.16. The van der Waals surface area contributed by atoms with Gasteiger partial charge >= 0.3 is 0 Å². The third-order valence-electron chi connectivity index (χ3n) is 3.79. The molecular weight excluding hydrogens is 246 g/mol. The largest absolute Gasteiger partial charge is 0.495 e. The Hall–Kier alpha value is -0.890. The van der Waals surface area contributed by atoms with Crippen LogP contribution in [-0.2, 0) is 0 Å². The van der Waals surface area contributed by atoms with Crippen LogP contribution < -0.4 is 10.1 Å². The van der Waals surface area contributed by atoms with E-state index in [1.807, 2.05) is 13.0 Å². The lowest BCUT2D eigenvalue weighted by Crippen LogP contribution is -2.17. The molecule has 1 N–H and O–H groups in total. The lowest BCUT2D eigenvalue weighted by Gasteiger charge is -2.23. The van der Waals surface area contributed by atoms with Crippen LogP contribution in [0.2, 0.25) is 5.02 Å². The van der Waals surface area contributed by atoms with Gasteiger partial charge in [-0.2, -0.15) is 0 Å². The standard InChI is InChI=1S/C15H22ClNO/c1-11-8-14(15(18-2)9-13(11)16)17-10-12-6-4-3-5-7-12/h8-9,12,17H,3-7,10H2,1-2H3. The fourth-order valence-electron chi connectivity index (χ4n) is 2.62. The summed E-state index contributed by atoms with van der Waals surface area (Å²) in [6.07, 6.45) is 6.86. The molecule has 0 bridgehead atoms. The molecule has 0 aromatic heterocycles. The van der Waals surface area contributed by atoms with Crippen molar-refractivity contribution in [3.05, 3.63) is 22.7 Å². The van der Waals surface area contributed by atoms with E-state index in [2.05, 4.69) is 11.4 Å². The van der Waals surface area contributed by atoms with E-state index in [0.717, 1.165) is 34.5 Å². The number of nitrogens with one attached hydrogen (secondary N) is 1. The lowest BCUT2D eigenvalue weighted by atomic mass is 9.89. The number of anilines is 1. The summed E-state index contributed by atoms with van der Waals surface area (Å²) >= 11 is 6.11. The van der Waals surface area contributed by atoms with E-state index in [4.69, 9.17) is 16.3 Å². The van der Waals surface area contributed by atoms with Gasteiger partial charge in [0.25, 0.3) is 0 Å². The Morgan fingerprint density at radius 1 is 1.28 bits per heavy atom. The third kappa shape index (κ3) is 3.32. The van der Waals surface area contributed by atoms with Gasteiger partial charge in [-0.1, -0.05) is 30.9 Å². The van der Waals surface area contributed by atoms with Crippen LogP contribution in [0.5, 0.6) is 5.75 Å². The summed E-state index contributed by atoms with van der Waals surface area (Å²) in [5, 5.41) is 4.28. The molecule has 1 fully saturated rings. The molecule has 1 aliphatic rings. The molecule has 18 heavy (non-hydrogen) atoms. The van der Waals surface area contributed by atoms with Crippen molar-refractivity contribution in [2.75, 3.05) is 19.0 Å². The summed E-state index contributed by atoms with van der Waals surface area (Å²) in [6, 6.07) is 3.96. The molecule has 2 nitrogen and oxygen atoms in total. The Morgan fingerprint density at radius 3 is 2.67 bits per heavy atom. The van der Waals surface area contributed by atoms with Gasteiger partial charge in [0.05, 0.1) is 12.8 Å². The molecule has 0 aliphatic heterocycles. The smallest absolute Gasteiger partial charge is 0.143 e. The predicted octanol–water partition coefficient (Wildman–Crippen LogP) is 4.65. The van der Waals surface area contributed by atoms with Crippen molar-refractivity contribution in [1.82, 2.24) is 0 Å². The molecule has 0 saturated heterocycles.